The monoisotopic (exact) mass is 302 g/mol. The Morgan fingerprint density at radius 2 is 2.30 bits per heavy atom. The fourth-order valence-electron chi connectivity index (χ4n) is 2.41. The SMILES string of the molecule is CCCn1cc(S(=O)(=O)NC2CCOC2C)cc1CO. The Morgan fingerprint density at radius 1 is 1.55 bits per heavy atom. The van der Waals surface area contributed by atoms with Crippen molar-refractivity contribution < 1.29 is 18.3 Å². The van der Waals surface area contributed by atoms with Gasteiger partial charge in [-0.2, -0.15) is 0 Å². The Morgan fingerprint density at radius 3 is 2.85 bits per heavy atom. The fourth-order valence-corrected chi connectivity index (χ4v) is 3.81. The first-order valence-corrected chi connectivity index (χ1v) is 8.40. The Balaban J connectivity index is 2.20. The van der Waals surface area contributed by atoms with Crippen molar-refractivity contribution in [3.05, 3.63) is 18.0 Å². The van der Waals surface area contributed by atoms with E-state index < -0.39 is 10.0 Å². The van der Waals surface area contributed by atoms with E-state index in [0.717, 1.165) is 6.42 Å². The fraction of sp³-hybridized carbons (Fsp3) is 0.692. The molecule has 0 radical (unpaired) electrons. The van der Waals surface area contributed by atoms with Crippen molar-refractivity contribution in [1.82, 2.24) is 9.29 Å². The largest absolute Gasteiger partial charge is 0.390 e. The minimum atomic E-state index is -3.57. The molecule has 0 aromatic carbocycles. The van der Waals surface area contributed by atoms with Crippen molar-refractivity contribution in [2.75, 3.05) is 6.61 Å². The van der Waals surface area contributed by atoms with Gasteiger partial charge >= 0.3 is 0 Å². The standard InChI is InChI=1S/C13H22N2O4S/c1-3-5-15-8-12(7-11(15)9-16)20(17,18)14-13-4-6-19-10(13)2/h7-8,10,13-14,16H,3-6,9H2,1-2H3. The molecule has 0 amide bonds. The van der Waals surface area contributed by atoms with Crippen LogP contribution >= 0.6 is 0 Å². The number of aliphatic hydroxyl groups excluding tert-OH is 1. The van der Waals surface area contributed by atoms with E-state index in [1.54, 1.807) is 10.8 Å². The predicted octanol–water partition coefficient (Wildman–Crippen LogP) is 0.846. The van der Waals surface area contributed by atoms with Crippen LogP contribution in [0.4, 0.5) is 0 Å². The third kappa shape index (κ3) is 3.22. The molecular weight excluding hydrogens is 280 g/mol. The maximum Gasteiger partial charge on any atom is 0.242 e. The van der Waals surface area contributed by atoms with Gasteiger partial charge in [0, 0.05) is 25.0 Å². The minimum Gasteiger partial charge on any atom is -0.390 e. The molecule has 114 valence electrons. The zero-order chi connectivity index (χ0) is 14.8. The third-order valence-corrected chi connectivity index (χ3v) is 5.04. The minimum absolute atomic E-state index is 0.111. The second-order valence-corrected chi connectivity index (χ2v) is 6.82. The number of nitrogens with one attached hydrogen (secondary N) is 1. The van der Waals surface area contributed by atoms with E-state index in [1.807, 2.05) is 13.8 Å². The lowest BCUT2D eigenvalue weighted by Crippen LogP contribution is -2.38. The van der Waals surface area contributed by atoms with Crippen LogP contribution in [0.15, 0.2) is 17.2 Å². The Kier molecular flexibility index (Phi) is 4.85. The van der Waals surface area contributed by atoms with Gasteiger partial charge in [0.1, 0.15) is 0 Å². The molecule has 1 fully saturated rings. The van der Waals surface area contributed by atoms with Crippen molar-refractivity contribution in [1.29, 1.82) is 0 Å². The molecule has 2 heterocycles. The van der Waals surface area contributed by atoms with E-state index in [4.69, 9.17) is 4.74 Å². The summed E-state index contributed by atoms with van der Waals surface area (Å²) in [6.45, 7) is 4.96. The molecule has 1 aromatic rings. The molecule has 20 heavy (non-hydrogen) atoms. The number of aliphatic hydroxyl groups is 1. The van der Waals surface area contributed by atoms with Gasteiger partial charge in [-0.05, 0) is 25.8 Å². The zero-order valence-electron chi connectivity index (χ0n) is 11.9. The highest BCUT2D eigenvalue weighted by Crippen LogP contribution is 2.19. The molecule has 0 bridgehead atoms. The Labute approximate surface area is 119 Å². The van der Waals surface area contributed by atoms with Crippen LogP contribution in [-0.4, -0.2) is 36.8 Å². The summed E-state index contributed by atoms with van der Waals surface area (Å²) in [7, 11) is -3.57. The van der Waals surface area contributed by atoms with Crippen LogP contribution in [0.1, 0.15) is 32.4 Å². The number of sulfonamides is 1. The summed E-state index contributed by atoms with van der Waals surface area (Å²) in [6.07, 6.45) is 3.03. The van der Waals surface area contributed by atoms with Crippen LogP contribution in [0.2, 0.25) is 0 Å². The smallest absolute Gasteiger partial charge is 0.242 e. The predicted molar refractivity (Wildman–Crippen MR) is 74.8 cm³/mol. The maximum absolute atomic E-state index is 12.4. The van der Waals surface area contributed by atoms with Crippen LogP contribution in [0.25, 0.3) is 0 Å². The number of hydrogen-bond acceptors (Lipinski definition) is 4. The van der Waals surface area contributed by atoms with Gasteiger partial charge in [-0.25, -0.2) is 13.1 Å². The first kappa shape index (κ1) is 15.5. The van der Waals surface area contributed by atoms with E-state index in [9.17, 15) is 13.5 Å². The summed E-state index contributed by atoms with van der Waals surface area (Å²) in [5.41, 5.74) is 0.614. The molecular formula is C13H22N2O4S. The maximum atomic E-state index is 12.4. The van der Waals surface area contributed by atoms with Gasteiger partial charge in [0.15, 0.2) is 0 Å². The molecule has 2 rings (SSSR count). The van der Waals surface area contributed by atoms with Crippen LogP contribution < -0.4 is 4.72 Å². The number of ether oxygens (including phenoxy) is 1. The topological polar surface area (TPSA) is 80.6 Å². The average Bonchev–Trinajstić information content (AvgIpc) is 2.97. The summed E-state index contributed by atoms with van der Waals surface area (Å²) >= 11 is 0. The number of rotatable bonds is 6. The molecule has 2 N–H and O–H groups in total. The summed E-state index contributed by atoms with van der Waals surface area (Å²) in [5.74, 6) is 0. The van der Waals surface area contributed by atoms with Gasteiger partial charge in [0.2, 0.25) is 10.0 Å². The van der Waals surface area contributed by atoms with Gasteiger partial charge in [-0.3, -0.25) is 0 Å². The second kappa shape index (κ2) is 6.26. The third-order valence-electron chi connectivity index (χ3n) is 3.58. The first-order chi connectivity index (χ1) is 9.47. The van der Waals surface area contributed by atoms with Crippen LogP contribution in [-0.2, 0) is 27.9 Å². The molecule has 0 saturated carbocycles. The summed E-state index contributed by atoms with van der Waals surface area (Å²) < 4.78 is 34.5. The van der Waals surface area contributed by atoms with Gasteiger partial charge in [0.05, 0.1) is 23.6 Å². The number of hydrogen-bond donors (Lipinski definition) is 2. The second-order valence-electron chi connectivity index (χ2n) is 5.11. The molecule has 2 atom stereocenters. The van der Waals surface area contributed by atoms with Crippen molar-refractivity contribution in [3.8, 4) is 0 Å². The van der Waals surface area contributed by atoms with E-state index in [1.165, 1.54) is 6.07 Å². The quantitative estimate of drug-likeness (QED) is 0.816. The van der Waals surface area contributed by atoms with Gasteiger partial charge < -0.3 is 14.4 Å². The lowest BCUT2D eigenvalue weighted by molar-refractivity contribution is 0.117. The average molecular weight is 302 g/mol. The first-order valence-electron chi connectivity index (χ1n) is 6.91. The molecule has 0 aliphatic carbocycles. The lowest BCUT2D eigenvalue weighted by Gasteiger charge is -2.15. The summed E-state index contributed by atoms with van der Waals surface area (Å²) in [6, 6.07) is 1.34. The normalized spacial score (nSPS) is 23.4. The number of nitrogens with zero attached hydrogens (tertiary/aromatic N) is 1. The molecule has 0 spiro atoms. The molecule has 1 saturated heterocycles. The highest BCUT2D eigenvalue weighted by Gasteiger charge is 2.29. The zero-order valence-corrected chi connectivity index (χ0v) is 12.7. The summed E-state index contributed by atoms with van der Waals surface area (Å²) in [5, 5.41) is 9.29. The van der Waals surface area contributed by atoms with Gasteiger partial charge in [-0.1, -0.05) is 6.92 Å². The van der Waals surface area contributed by atoms with Crippen molar-refractivity contribution >= 4 is 10.0 Å². The molecule has 1 aromatic heterocycles. The highest BCUT2D eigenvalue weighted by molar-refractivity contribution is 7.89. The lowest BCUT2D eigenvalue weighted by atomic mass is 10.2. The van der Waals surface area contributed by atoms with Gasteiger partial charge in [-0.15, -0.1) is 0 Å². The van der Waals surface area contributed by atoms with E-state index >= 15 is 0 Å². The Hall–Kier alpha value is -0.890. The molecule has 7 heteroatoms. The molecule has 6 nitrogen and oxygen atoms in total. The van der Waals surface area contributed by atoms with Crippen LogP contribution in [0.3, 0.4) is 0 Å². The van der Waals surface area contributed by atoms with Crippen molar-refractivity contribution in [2.45, 2.75) is 56.9 Å². The molecule has 1 aliphatic heterocycles. The van der Waals surface area contributed by atoms with E-state index in [2.05, 4.69) is 4.72 Å². The van der Waals surface area contributed by atoms with E-state index in [-0.39, 0.29) is 23.6 Å². The van der Waals surface area contributed by atoms with Crippen molar-refractivity contribution in [3.63, 3.8) is 0 Å². The van der Waals surface area contributed by atoms with Crippen LogP contribution in [0, 0.1) is 0 Å². The van der Waals surface area contributed by atoms with E-state index in [0.29, 0.717) is 25.3 Å². The summed E-state index contributed by atoms with van der Waals surface area (Å²) in [4.78, 5) is 0.203. The molecule has 2 unspecified atom stereocenters. The Bertz CT molecular complexity index is 553. The molecule has 1 aliphatic rings. The van der Waals surface area contributed by atoms with Gasteiger partial charge in [0.25, 0.3) is 0 Å². The van der Waals surface area contributed by atoms with Crippen LogP contribution in [0.5, 0.6) is 0 Å². The number of aryl methyl sites for hydroxylation is 1. The van der Waals surface area contributed by atoms with Crippen molar-refractivity contribution in [2.24, 2.45) is 0 Å². The number of aromatic nitrogens is 1. The highest BCUT2D eigenvalue weighted by atomic mass is 32.2.